The zero-order chi connectivity index (χ0) is 19.0. The number of nitrogens with one attached hydrogen (secondary N) is 1. The van der Waals surface area contributed by atoms with Crippen molar-refractivity contribution >= 4 is 23.3 Å². The van der Waals surface area contributed by atoms with E-state index in [0.717, 1.165) is 30.4 Å². The van der Waals surface area contributed by atoms with Crippen LogP contribution < -0.4 is 11.1 Å². The van der Waals surface area contributed by atoms with E-state index < -0.39 is 11.8 Å². The van der Waals surface area contributed by atoms with Crippen LogP contribution in [0.3, 0.4) is 0 Å². The number of carbonyl (C=O) groups is 2. The summed E-state index contributed by atoms with van der Waals surface area (Å²) in [5.41, 5.74) is 8.07. The number of hydrogen-bond donors (Lipinski definition) is 2. The molecule has 3 N–H and O–H groups in total. The Morgan fingerprint density at radius 2 is 2.00 bits per heavy atom. The van der Waals surface area contributed by atoms with Gasteiger partial charge in [0.05, 0.1) is 17.9 Å². The summed E-state index contributed by atoms with van der Waals surface area (Å²) < 4.78 is 0. The van der Waals surface area contributed by atoms with Crippen LogP contribution in [0.15, 0.2) is 42.6 Å². The Balaban J connectivity index is 1.56. The SMILES string of the molecule is Cc1cc(NC(=O)C(=O)N2CC3CCC(C3)C2c2ccccc2)cnc1N. The third-order valence-corrected chi connectivity index (χ3v) is 5.79. The molecule has 1 aliphatic heterocycles. The van der Waals surface area contributed by atoms with Gasteiger partial charge in [-0.1, -0.05) is 30.3 Å². The monoisotopic (exact) mass is 364 g/mol. The quantitative estimate of drug-likeness (QED) is 0.802. The minimum Gasteiger partial charge on any atom is -0.383 e. The van der Waals surface area contributed by atoms with Crippen molar-refractivity contribution in [3.63, 3.8) is 0 Å². The second-order valence-electron chi connectivity index (χ2n) is 7.63. The predicted octanol–water partition coefficient (Wildman–Crippen LogP) is 2.91. The molecule has 1 saturated carbocycles. The normalized spacial score (nSPS) is 23.9. The fraction of sp³-hybridized carbons (Fsp3) is 0.381. The highest BCUT2D eigenvalue weighted by atomic mass is 16.2. The van der Waals surface area contributed by atoms with E-state index in [1.165, 1.54) is 6.20 Å². The van der Waals surface area contributed by atoms with Crippen LogP contribution in [0, 0.1) is 18.8 Å². The minimum atomic E-state index is -0.622. The van der Waals surface area contributed by atoms with E-state index in [1.807, 2.05) is 25.1 Å². The average molecular weight is 364 g/mol. The molecule has 140 valence electrons. The van der Waals surface area contributed by atoms with Gasteiger partial charge in [0.15, 0.2) is 0 Å². The molecule has 2 aromatic rings. The van der Waals surface area contributed by atoms with Crippen molar-refractivity contribution in [3.05, 3.63) is 53.7 Å². The third kappa shape index (κ3) is 3.39. The minimum absolute atomic E-state index is 0.0329. The maximum absolute atomic E-state index is 13.0. The van der Waals surface area contributed by atoms with Crippen LogP contribution in [0.5, 0.6) is 0 Å². The van der Waals surface area contributed by atoms with Crippen molar-refractivity contribution in [2.24, 2.45) is 11.8 Å². The van der Waals surface area contributed by atoms with Crippen molar-refractivity contribution in [2.45, 2.75) is 32.2 Å². The number of fused-ring (bicyclic) bond motifs is 2. The van der Waals surface area contributed by atoms with Crippen molar-refractivity contribution in [1.29, 1.82) is 0 Å². The Morgan fingerprint density at radius 1 is 1.22 bits per heavy atom. The first-order valence-corrected chi connectivity index (χ1v) is 9.42. The Kier molecular flexibility index (Phi) is 4.56. The van der Waals surface area contributed by atoms with Crippen LogP contribution in [-0.2, 0) is 9.59 Å². The molecule has 0 spiro atoms. The van der Waals surface area contributed by atoms with Crippen molar-refractivity contribution in [2.75, 3.05) is 17.6 Å². The third-order valence-electron chi connectivity index (χ3n) is 5.79. The Hall–Kier alpha value is -2.89. The van der Waals surface area contributed by atoms with E-state index in [4.69, 9.17) is 5.73 Å². The first-order valence-electron chi connectivity index (χ1n) is 9.42. The number of nitrogens with two attached hydrogens (primary N) is 1. The average Bonchev–Trinajstić information content (AvgIpc) is 3.05. The number of aryl methyl sites for hydroxylation is 1. The van der Waals surface area contributed by atoms with Gasteiger partial charge in [0.25, 0.3) is 0 Å². The van der Waals surface area contributed by atoms with Gasteiger partial charge in [-0.2, -0.15) is 0 Å². The van der Waals surface area contributed by atoms with E-state index in [9.17, 15) is 9.59 Å². The largest absolute Gasteiger partial charge is 0.383 e. The molecule has 0 radical (unpaired) electrons. The van der Waals surface area contributed by atoms with Crippen LogP contribution in [0.25, 0.3) is 0 Å². The van der Waals surface area contributed by atoms with Crippen LogP contribution in [0.2, 0.25) is 0 Å². The number of rotatable bonds is 2. The van der Waals surface area contributed by atoms with Crippen LogP contribution in [-0.4, -0.2) is 28.2 Å². The topological polar surface area (TPSA) is 88.3 Å². The second-order valence-corrected chi connectivity index (χ2v) is 7.63. The predicted molar refractivity (Wildman–Crippen MR) is 104 cm³/mol. The van der Waals surface area contributed by atoms with E-state index >= 15 is 0 Å². The molecular formula is C21H24N4O2. The van der Waals surface area contributed by atoms with E-state index in [1.54, 1.807) is 11.0 Å². The number of aromatic nitrogens is 1. The molecule has 2 heterocycles. The summed E-state index contributed by atoms with van der Waals surface area (Å²) in [6.07, 6.45) is 4.84. The van der Waals surface area contributed by atoms with Gasteiger partial charge >= 0.3 is 11.8 Å². The maximum atomic E-state index is 13.0. The number of carbonyl (C=O) groups excluding carboxylic acids is 2. The number of amides is 2. The van der Waals surface area contributed by atoms with Crippen molar-refractivity contribution in [3.8, 4) is 0 Å². The number of benzene rings is 1. The number of pyridine rings is 1. The first kappa shape index (κ1) is 17.5. The molecule has 3 atom stereocenters. The summed E-state index contributed by atoms with van der Waals surface area (Å²) in [5.74, 6) is 0.227. The Morgan fingerprint density at radius 3 is 2.74 bits per heavy atom. The fourth-order valence-electron chi connectivity index (χ4n) is 4.49. The van der Waals surface area contributed by atoms with E-state index in [-0.39, 0.29) is 6.04 Å². The molecule has 6 heteroatoms. The van der Waals surface area contributed by atoms with Gasteiger partial charge in [0.1, 0.15) is 5.82 Å². The summed E-state index contributed by atoms with van der Waals surface area (Å²) in [6.45, 7) is 2.45. The lowest BCUT2D eigenvalue weighted by Crippen LogP contribution is -2.47. The molecule has 6 nitrogen and oxygen atoms in total. The fourth-order valence-corrected chi connectivity index (χ4v) is 4.49. The highest BCUT2D eigenvalue weighted by molar-refractivity contribution is 6.39. The Bertz CT molecular complexity index is 868. The van der Waals surface area contributed by atoms with Crippen LogP contribution in [0.4, 0.5) is 11.5 Å². The van der Waals surface area contributed by atoms with Gasteiger partial charge in [-0.25, -0.2) is 4.98 Å². The maximum Gasteiger partial charge on any atom is 0.313 e. The summed E-state index contributed by atoms with van der Waals surface area (Å²) in [4.78, 5) is 31.5. The molecule has 4 rings (SSSR count). The molecule has 1 aromatic carbocycles. The molecule has 27 heavy (non-hydrogen) atoms. The van der Waals surface area contributed by atoms with Crippen LogP contribution >= 0.6 is 0 Å². The molecule has 2 bridgehead atoms. The number of hydrogen-bond acceptors (Lipinski definition) is 4. The molecular weight excluding hydrogens is 340 g/mol. The number of likely N-dealkylation sites (tertiary alicyclic amines) is 1. The number of anilines is 2. The number of piperidine rings is 1. The summed E-state index contributed by atoms with van der Waals surface area (Å²) >= 11 is 0. The second kappa shape index (κ2) is 7.02. The lowest BCUT2D eigenvalue weighted by Gasteiger charge is -2.40. The zero-order valence-electron chi connectivity index (χ0n) is 15.4. The highest BCUT2D eigenvalue weighted by Gasteiger charge is 2.44. The van der Waals surface area contributed by atoms with E-state index in [0.29, 0.717) is 29.9 Å². The molecule has 2 aliphatic rings. The summed E-state index contributed by atoms with van der Waals surface area (Å²) in [5, 5.41) is 2.68. The standard InChI is InChI=1S/C21H24N4O2/c1-13-9-17(11-23-19(13)22)24-20(26)21(27)25-12-14-7-8-16(10-14)18(25)15-5-3-2-4-6-15/h2-6,9,11,14,16,18H,7-8,10,12H2,1H3,(H2,22,23)(H,24,26). The van der Waals surface area contributed by atoms with Gasteiger partial charge in [0.2, 0.25) is 0 Å². The molecule has 1 aromatic heterocycles. The lowest BCUT2D eigenvalue weighted by molar-refractivity contribution is -0.147. The summed E-state index contributed by atoms with van der Waals surface area (Å²) in [6, 6.07) is 11.7. The van der Waals surface area contributed by atoms with Gasteiger partial charge in [-0.05, 0) is 55.2 Å². The van der Waals surface area contributed by atoms with Gasteiger partial charge < -0.3 is 16.0 Å². The zero-order valence-corrected chi connectivity index (χ0v) is 15.4. The van der Waals surface area contributed by atoms with Crippen molar-refractivity contribution in [1.82, 2.24) is 9.88 Å². The number of nitrogen functional groups attached to an aromatic ring is 1. The van der Waals surface area contributed by atoms with Crippen LogP contribution in [0.1, 0.15) is 36.4 Å². The molecule has 2 fully saturated rings. The van der Waals surface area contributed by atoms with Gasteiger partial charge in [-0.3, -0.25) is 9.59 Å². The van der Waals surface area contributed by atoms with Gasteiger partial charge in [-0.15, -0.1) is 0 Å². The van der Waals surface area contributed by atoms with Crippen molar-refractivity contribution < 1.29 is 9.59 Å². The van der Waals surface area contributed by atoms with Gasteiger partial charge in [0, 0.05) is 6.54 Å². The summed E-state index contributed by atoms with van der Waals surface area (Å²) in [7, 11) is 0. The Labute approximate surface area is 158 Å². The molecule has 1 saturated heterocycles. The number of nitrogens with zero attached hydrogens (tertiary/aromatic N) is 2. The molecule has 3 unspecified atom stereocenters. The first-order chi connectivity index (χ1) is 13.0. The molecule has 2 amide bonds. The highest BCUT2D eigenvalue weighted by Crippen LogP contribution is 2.47. The molecule has 1 aliphatic carbocycles. The van der Waals surface area contributed by atoms with E-state index in [2.05, 4.69) is 22.4 Å². The smallest absolute Gasteiger partial charge is 0.313 e. The lowest BCUT2D eigenvalue weighted by atomic mass is 9.86.